The van der Waals surface area contributed by atoms with Gasteiger partial charge in [-0.3, -0.25) is 4.99 Å². The van der Waals surface area contributed by atoms with Crippen molar-refractivity contribution in [2.24, 2.45) is 4.99 Å². The first kappa shape index (κ1) is 21.1. The fraction of sp³-hybridized carbons (Fsp3) is 0.619. The van der Waals surface area contributed by atoms with Gasteiger partial charge in [-0.05, 0) is 32.3 Å². The SMILES string of the molecule is CCNC(=NCC(C)(C)c1ccccc1)NC1CCN(C(=O)OCC)CC1. The largest absolute Gasteiger partial charge is 0.450 e. The Morgan fingerprint density at radius 2 is 1.89 bits per heavy atom. The molecule has 150 valence electrons. The number of carbonyl (C=O) groups is 1. The van der Waals surface area contributed by atoms with Crippen LogP contribution in [0, 0.1) is 0 Å². The molecule has 1 amide bonds. The molecule has 27 heavy (non-hydrogen) atoms. The summed E-state index contributed by atoms with van der Waals surface area (Å²) in [6.45, 7) is 11.7. The van der Waals surface area contributed by atoms with E-state index in [0.29, 0.717) is 32.3 Å². The van der Waals surface area contributed by atoms with Gasteiger partial charge in [0.2, 0.25) is 0 Å². The molecule has 6 nitrogen and oxygen atoms in total. The summed E-state index contributed by atoms with van der Waals surface area (Å²) in [6, 6.07) is 10.8. The molecule has 0 saturated carbocycles. The number of aliphatic imine (C=N–C) groups is 1. The number of nitrogens with one attached hydrogen (secondary N) is 2. The maximum absolute atomic E-state index is 11.8. The Bertz CT molecular complexity index is 608. The van der Waals surface area contributed by atoms with Gasteiger partial charge in [-0.1, -0.05) is 44.2 Å². The Morgan fingerprint density at radius 3 is 2.48 bits per heavy atom. The number of benzene rings is 1. The van der Waals surface area contributed by atoms with Gasteiger partial charge in [-0.15, -0.1) is 0 Å². The summed E-state index contributed by atoms with van der Waals surface area (Å²) >= 11 is 0. The predicted molar refractivity (Wildman–Crippen MR) is 110 cm³/mol. The Labute approximate surface area is 163 Å². The van der Waals surface area contributed by atoms with Crippen molar-refractivity contribution >= 4 is 12.1 Å². The summed E-state index contributed by atoms with van der Waals surface area (Å²) in [5, 5.41) is 6.87. The molecule has 0 unspecified atom stereocenters. The topological polar surface area (TPSA) is 66.0 Å². The maximum atomic E-state index is 11.8. The molecule has 2 rings (SSSR count). The first-order chi connectivity index (χ1) is 13.0. The molecule has 1 fully saturated rings. The third-order valence-electron chi connectivity index (χ3n) is 4.89. The summed E-state index contributed by atoms with van der Waals surface area (Å²) in [6.07, 6.45) is 1.58. The molecule has 1 aromatic carbocycles. The highest BCUT2D eigenvalue weighted by Crippen LogP contribution is 2.23. The molecule has 1 aliphatic rings. The van der Waals surface area contributed by atoms with E-state index in [-0.39, 0.29) is 11.5 Å². The zero-order valence-electron chi connectivity index (χ0n) is 17.1. The van der Waals surface area contributed by atoms with Gasteiger partial charge in [0, 0.05) is 31.1 Å². The number of nitrogens with zero attached hydrogens (tertiary/aromatic N) is 2. The van der Waals surface area contributed by atoms with E-state index in [0.717, 1.165) is 25.3 Å². The van der Waals surface area contributed by atoms with Gasteiger partial charge in [0.25, 0.3) is 0 Å². The van der Waals surface area contributed by atoms with Crippen LogP contribution in [-0.4, -0.2) is 55.8 Å². The zero-order valence-corrected chi connectivity index (χ0v) is 17.1. The van der Waals surface area contributed by atoms with Crippen LogP contribution in [0.15, 0.2) is 35.3 Å². The molecule has 2 N–H and O–H groups in total. The van der Waals surface area contributed by atoms with Gasteiger partial charge < -0.3 is 20.3 Å². The second kappa shape index (κ2) is 10.2. The van der Waals surface area contributed by atoms with Crippen LogP contribution in [0.5, 0.6) is 0 Å². The lowest BCUT2D eigenvalue weighted by Gasteiger charge is -2.32. The van der Waals surface area contributed by atoms with Crippen molar-refractivity contribution in [2.45, 2.75) is 52.0 Å². The van der Waals surface area contributed by atoms with Crippen molar-refractivity contribution in [3.8, 4) is 0 Å². The molecule has 0 aliphatic carbocycles. The third kappa shape index (κ3) is 6.45. The van der Waals surface area contributed by atoms with Crippen molar-refractivity contribution in [1.82, 2.24) is 15.5 Å². The number of guanidine groups is 1. The molecule has 6 heteroatoms. The van der Waals surface area contributed by atoms with Gasteiger partial charge in [-0.25, -0.2) is 4.79 Å². The van der Waals surface area contributed by atoms with E-state index in [9.17, 15) is 4.79 Å². The van der Waals surface area contributed by atoms with Crippen LogP contribution in [0.1, 0.15) is 46.1 Å². The van der Waals surface area contributed by atoms with E-state index in [4.69, 9.17) is 9.73 Å². The standard InChI is InChI=1S/C21H34N4O2/c1-5-22-19(23-16-21(3,4)17-10-8-7-9-11-17)24-18-12-14-25(15-13-18)20(26)27-6-2/h7-11,18H,5-6,12-16H2,1-4H3,(H2,22,23,24). The Hall–Kier alpha value is -2.24. The number of ether oxygens (including phenoxy) is 1. The molecule has 0 spiro atoms. The van der Waals surface area contributed by atoms with Gasteiger partial charge >= 0.3 is 6.09 Å². The van der Waals surface area contributed by atoms with E-state index in [1.54, 1.807) is 4.90 Å². The minimum atomic E-state index is -0.207. The average molecular weight is 375 g/mol. The molecule has 0 aromatic heterocycles. The van der Waals surface area contributed by atoms with Crippen LogP contribution >= 0.6 is 0 Å². The predicted octanol–water partition coefficient (Wildman–Crippen LogP) is 3.14. The molecule has 1 aliphatic heterocycles. The smallest absolute Gasteiger partial charge is 0.409 e. The fourth-order valence-electron chi connectivity index (χ4n) is 3.19. The Balaban J connectivity index is 1.92. The summed E-state index contributed by atoms with van der Waals surface area (Å²) in [5.74, 6) is 0.844. The number of hydrogen-bond acceptors (Lipinski definition) is 3. The first-order valence-electron chi connectivity index (χ1n) is 9.98. The Kier molecular flexibility index (Phi) is 7.95. The normalized spacial score (nSPS) is 16.1. The summed E-state index contributed by atoms with van der Waals surface area (Å²) < 4.78 is 5.08. The van der Waals surface area contributed by atoms with Gasteiger partial charge in [0.15, 0.2) is 5.96 Å². The van der Waals surface area contributed by atoms with Gasteiger partial charge in [-0.2, -0.15) is 0 Å². The maximum Gasteiger partial charge on any atom is 0.409 e. The summed E-state index contributed by atoms with van der Waals surface area (Å²) in [4.78, 5) is 18.4. The number of rotatable bonds is 6. The second-order valence-corrected chi connectivity index (χ2v) is 7.55. The van der Waals surface area contributed by atoms with Gasteiger partial charge in [0.05, 0.1) is 13.2 Å². The van der Waals surface area contributed by atoms with Crippen LogP contribution in [0.25, 0.3) is 0 Å². The lowest BCUT2D eigenvalue weighted by molar-refractivity contribution is 0.0963. The van der Waals surface area contributed by atoms with Crippen molar-refractivity contribution < 1.29 is 9.53 Å². The van der Waals surface area contributed by atoms with Crippen molar-refractivity contribution in [3.05, 3.63) is 35.9 Å². The lowest BCUT2D eigenvalue weighted by Crippen LogP contribution is -2.50. The lowest BCUT2D eigenvalue weighted by atomic mass is 9.85. The van der Waals surface area contributed by atoms with E-state index in [2.05, 4.69) is 55.7 Å². The number of amides is 1. The van der Waals surface area contributed by atoms with Gasteiger partial charge in [0.1, 0.15) is 0 Å². The van der Waals surface area contributed by atoms with Crippen LogP contribution in [0.2, 0.25) is 0 Å². The first-order valence-corrected chi connectivity index (χ1v) is 9.98. The zero-order chi connectivity index (χ0) is 19.7. The highest BCUT2D eigenvalue weighted by Gasteiger charge is 2.25. The van der Waals surface area contributed by atoms with E-state index >= 15 is 0 Å². The Morgan fingerprint density at radius 1 is 1.22 bits per heavy atom. The number of likely N-dealkylation sites (tertiary alicyclic amines) is 1. The van der Waals surface area contributed by atoms with E-state index in [1.165, 1.54) is 5.56 Å². The van der Waals surface area contributed by atoms with Crippen LogP contribution in [0.3, 0.4) is 0 Å². The van der Waals surface area contributed by atoms with Crippen molar-refractivity contribution in [1.29, 1.82) is 0 Å². The third-order valence-corrected chi connectivity index (χ3v) is 4.89. The molecular weight excluding hydrogens is 340 g/mol. The van der Waals surface area contributed by atoms with E-state index in [1.807, 2.05) is 13.0 Å². The molecule has 0 bridgehead atoms. The number of hydrogen-bond donors (Lipinski definition) is 2. The number of piperidine rings is 1. The average Bonchev–Trinajstić information content (AvgIpc) is 2.68. The molecule has 1 heterocycles. The minimum absolute atomic E-state index is 0.0309. The molecule has 0 atom stereocenters. The highest BCUT2D eigenvalue weighted by atomic mass is 16.6. The summed E-state index contributed by atoms with van der Waals surface area (Å²) in [5.41, 5.74) is 1.25. The van der Waals surface area contributed by atoms with Crippen molar-refractivity contribution in [3.63, 3.8) is 0 Å². The molecule has 1 aromatic rings. The van der Waals surface area contributed by atoms with Crippen molar-refractivity contribution in [2.75, 3.05) is 32.8 Å². The second-order valence-electron chi connectivity index (χ2n) is 7.55. The highest BCUT2D eigenvalue weighted by molar-refractivity contribution is 5.80. The van der Waals surface area contributed by atoms with Crippen LogP contribution in [0.4, 0.5) is 4.79 Å². The number of carbonyl (C=O) groups excluding carboxylic acids is 1. The molecule has 1 saturated heterocycles. The van der Waals surface area contributed by atoms with Crippen LogP contribution in [-0.2, 0) is 10.2 Å². The molecule has 0 radical (unpaired) electrons. The summed E-state index contributed by atoms with van der Waals surface area (Å²) in [7, 11) is 0. The quantitative estimate of drug-likeness (QED) is 0.593. The minimum Gasteiger partial charge on any atom is -0.450 e. The fourth-order valence-corrected chi connectivity index (χ4v) is 3.19. The van der Waals surface area contributed by atoms with Crippen LogP contribution < -0.4 is 10.6 Å². The monoisotopic (exact) mass is 374 g/mol. The van der Waals surface area contributed by atoms with E-state index < -0.39 is 0 Å². The molecular formula is C21H34N4O2.